The van der Waals surface area contributed by atoms with Crippen molar-refractivity contribution in [2.45, 2.75) is 13.5 Å². The van der Waals surface area contributed by atoms with E-state index in [2.05, 4.69) is 15.6 Å². The molecule has 0 fully saturated rings. The fourth-order valence-electron chi connectivity index (χ4n) is 3.67. The number of anilines is 1. The highest BCUT2D eigenvalue weighted by Gasteiger charge is 2.19. The maximum absolute atomic E-state index is 13.0. The Morgan fingerprint density at radius 2 is 2.00 bits per heavy atom. The lowest BCUT2D eigenvalue weighted by Crippen LogP contribution is -2.27. The number of carbonyl (C=O) groups excluding carboxylic acids is 1. The van der Waals surface area contributed by atoms with Crippen LogP contribution in [0.4, 0.5) is 5.69 Å². The van der Waals surface area contributed by atoms with E-state index in [1.165, 1.54) is 0 Å². The largest absolute Gasteiger partial charge is 0.452 e. The Bertz CT molecular complexity index is 1330. The number of hydrogen-bond acceptors (Lipinski definition) is 6. The first-order valence-corrected chi connectivity index (χ1v) is 10.6. The summed E-state index contributed by atoms with van der Waals surface area (Å²) in [4.78, 5) is 29.2. The van der Waals surface area contributed by atoms with Crippen LogP contribution in [0.3, 0.4) is 0 Å². The number of nitrogens with zero attached hydrogens (tertiary/aromatic N) is 2. The highest BCUT2D eigenvalue weighted by molar-refractivity contribution is 6.33. The Labute approximate surface area is 186 Å². The first-order chi connectivity index (χ1) is 15.5. The molecule has 0 spiro atoms. The summed E-state index contributed by atoms with van der Waals surface area (Å²) in [7, 11) is 3.60. The van der Waals surface area contributed by atoms with Gasteiger partial charge in [0.2, 0.25) is 5.91 Å². The van der Waals surface area contributed by atoms with Crippen molar-refractivity contribution in [3.8, 4) is 11.3 Å². The van der Waals surface area contributed by atoms with Crippen LogP contribution in [-0.4, -0.2) is 50.1 Å². The van der Waals surface area contributed by atoms with Crippen LogP contribution in [0.15, 0.2) is 51.7 Å². The normalized spacial score (nSPS) is 11.3. The van der Waals surface area contributed by atoms with Gasteiger partial charge in [-0.1, -0.05) is 36.7 Å². The number of ether oxygens (including phenoxy) is 1. The summed E-state index contributed by atoms with van der Waals surface area (Å²) in [5.41, 5.74) is 4.52. The van der Waals surface area contributed by atoms with Gasteiger partial charge in [-0.3, -0.25) is 9.36 Å². The predicted octanol–water partition coefficient (Wildman–Crippen LogP) is 1.26. The molecule has 2 aromatic heterocycles. The maximum atomic E-state index is 13.0. The van der Waals surface area contributed by atoms with E-state index in [9.17, 15) is 9.59 Å². The Balaban J connectivity index is 1.80. The molecule has 0 aliphatic heterocycles. The molecule has 0 aliphatic carbocycles. The summed E-state index contributed by atoms with van der Waals surface area (Å²) in [6.07, 6.45) is 0. The first kappa shape index (κ1) is 21.8. The average Bonchev–Trinajstić information content (AvgIpc) is 3.16. The van der Waals surface area contributed by atoms with Crippen molar-refractivity contribution in [2.24, 2.45) is 0 Å². The Morgan fingerprint density at radius 3 is 2.72 bits per heavy atom. The van der Waals surface area contributed by atoms with Crippen molar-refractivity contribution in [1.82, 2.24) is 14.9 Å². The molecule has 2 heterocycles. The Kier molecular flexibility index (Phi) is 6.39. The molecule has 0 aliphatic rings. The SMILES string of the molecule is Bc1ccc2oc3c(-c4ccc(NC(=O)CNCC)cc4)nc(=O)n(CCOC)c3c2c1. The van der Waals surface area contributed by atoms with Crippen molar-refractivity contribution < 1.29 is 13.9 Å². The van der Waals surface area contributed by atoms with Gasteiger partial charge in [-0.15, -0.1) is 0 Å². The van der Waals surface area contributed by atoms with Gasteiger partial charge in [0.15, 0.2) is 5.58 Å². The maximum Gasteiger partial charge on any atom is 0.348 e. The van der Waals surface area contributed by atoms with Crippen molar-refractivity contribution >= 4 is 47.0 Å². The number of methoxy groups -OCH3 is 1. The zero-order valence-corrected chi connectivity index (χ0v) is 18.4. The van der Waals surface area contributed by atoms with E-state index in [0.717, 1.165) is 23.0 Å². The molecule has 1 amide bonds. The van der Waals surface area contributed by atoms with Gasteiger partial charge >= 0.3 is 5.69 Å². The number of rotatable bonds is 8. The molecule has 0 saturated carbocycles. The Hall–Kier alpha value is -3.43. The van der Waals surface area contributed by atoms with Crippen LogP contribution in [0, 0.1) is 0 Å². The summed E-state index contributed by atoms with van der Waals surface area (Å²) >= 11 is 0. The van der Waals surface area contributed by atoms with Crippen LogP contribution in [0.25, 0.3) is 33.3 Å². The first-order valence-electron chi connectivity index (χ1n) is 10.6. The minimum Gasteiger partial charge on any atom is -0.452 e. The molecule has 2 N–H and O–H groups in total. The molecule has 0 radical (unpaired) electrons. The third-order valence-corrected chi connectivity index (χ3v) is 5.24. The standard InChI is InChI=1S/C23H25BN4O4/c1-3-25-13-19(29)26-16-7-4-14(5-8-16)20-22-21(28(10-11-31-2)23(30)27-20)17-12-15(24)6-9-18(17)32-22/h4-9,12,25H,3,10-11,13,24H2,1-2H3,(H,26,29). The van der Waals surface area contributed by atoms with Gasteiger partial charge in [-0.25, -0.2) is 4.79 Å². The monoisotopic (exact) mass is 432 g/mol. The van der Waals surface area contributed by atoms with Gasteiger partial charge in [0.05, 0.1) is 19.7 Å². The average molecular weight is 432 g/mol. The van der Waals surface area contributed by atoms with E-state index >= 15 is 0 Å². The molecule has 32 heavy (non-hydrogen) atoms. The van der Waals surface area contributed by atoms with Crippen molar-refractivity contribution in [3.63, 3.8) is 0 Å². The number of fused-ring (bicyclic) bond motifs is 3. The van der Waals surface area contributed by atoms with E-state index in [1.54, 1.807) is 23.8 Å². The van der Waals surface area contributed by atoms with Crippen molar-refractivity contribution in [3.05, 3.63) is 52.9 Å². The van der Waals surface area contributed by atoms with Crippen LogP contribution >= 0.6 is 0 Å². The van der Waals surface area contributed by atoms with E-state index in [0.29, 0.717) is 41.2 Å². The molecule has 4 aromatic rings. The fraction of sp³-hybridized carbons (Fsp3) is 0.261. The lowest BCUT2D eigenvalue weighted by Gasteiger charge is -2.10. The molecule has 0 atom stereocenters. The molecular weight excluding hydrogens is 407 g/mol. The van der Waals surface area contributed by atoms with Gasteiger partial charge in [0.1, 0.15) is 24.6 Å². The smallest absolute Gasteiger partial charge is 0.348 e. The number of aromatic nitrogens is 2. The second-order valence-corrected chi connectivity index (χ2v) is 7.57. The number of furan rings is 1. The van der Waals surface area contributed by atoms with Gasteiger partial charge in [0.25, 0.3) is 0 Å². The van der Waals surface area contributed by atoms with Crippen LogP contribution in [0.2, 0.25) is 0 Å². The van der Waals surface area contributed by atoms with Gasteiger partial charge in [0, 0.05) is 23.7 Å². The van der Waals surface area contributed by atoms with Crippen molar-refractivity contribution in [1.29, 1.82) is 0 Å². The van der Waals surface area contributed by atoms with Crippen LogP contribution in [0.5, 0.6) is 0 Å². The summed E-state index contributed by atoms with van der Waals surface area (Å²) in [6, 6.07) is 13.1. The molecular formula is C23H25BN4O4. The summed E-state index contributed by atoms with van der Waals surface area (Å²) in [5.74, 6) is -0.117. The molecule has 2 aromatic carbocycles. The highest BCUT2D eigenvalue weighted by atomic mass is 16.5. The molecule has 164 valence electrons. The number of benzene rings is 2. The third-order valence-electron chi connectivity index (χ3n) is 5.24. The minimum atomic E-state index is -0.364. The van der Waals surface area contributed by atoms with Crippen molar-refractivity contribution in [2.75, 3.05) is 32.1 Å². The minimum absolute atomic E-state index is 0.117. The van der Waals surface area contributed by atoms with E-state index in [1.807, 2.05) is 45.1 Å². The quantitative estimate of drug-likeness (QED) is 0.407. The fourth-order valence-corrected chi connectivity index (χ4v) is 3.67. The van der Waals surface area contributed by atoms with E-state index in [-0.39, 0.29) is 18.1 Å². The van der Waals surface area contributed by atoms with Gasteiger partial charge in [-0.05, 0) is 24.7 Å². The topological polar surface area (TPSA) is 98.4 Å². The number of carbonyl (C=O) groups is 1. The van der Waals surface area contributed by atoms with Gasteiger partial charge in [-0.2, -0.15) is 4.98 Å². The summed E-state index contributed by atoms with van der Waals surface area (Å²) < 4.78 is 13.0. The zero-order valence-electron chi connectivity index (χ0n) is 18.4. The zero-order chi connectivity index (χ0) is 22.7. The molecule has 9 heteroatoms. The third kappa shape index (κ3) is 4.30. The Morgan fingerprint density at radius 1 is 1.22 bits per heavy atom. The predicted molar refractivity (Wildman–Crippen MR) is 128 cm³/mol. The lowest BCUT2D eigenvalue weighted by atomic mass is 9.95. The summed E-state index contributed by atoms with van der Waals surface area (Å²) in [6.45, 7) is 3.67. The molecule has 0 saturated heterocycles. The highest BCUT2D eigenvalue weighted by Crippen LogP contribution is 2.33. The second kappa shape index (κ2) is 9.38. The number of amides is 1. The van der Waals surface area contributed by atoms with Crippen LogP contribution in [-0.2, 0) is 16.1 Å². The number of nitrogens with one attached hydrogen (secondary N) is 2. The molecule has 8 nitrogen and oxygen atoms in total. The number of hydrogen-bond donors (Lipinski definition) is 2. The van der Waals surface area contributed by atoms with Crippen LogP contribution < -0.4 is 21.8 Å². The second-order valence-electron chi connectivity index (χ2n) is 7.57. The molecule has 0 unspecified atom stereocenters. The van der Waals surface area contributed by atoms with Crippen LogP contribution in [0.1, 0.15) is 6.92 Å². The van der Waals surface area contributed by atoms with Gasteiger partial charge < -0.3 is 19.8 Å². The van der Waals surface area contributed by atoms with E-state index in [4.69, 9.17) is 9.15 Å². The lowest BCUT2D eigenvalue weighted by molar-refractivity contribution is -0.115. The number of likely N-dealkylation sites (N-methyl/N-ethyl adjacent to an activating group) is 1. The molecule has 0 bridgehead atoms. The molecule has 4 rings (SSSR count). The summed E-state index contributed by atoms with van der Waals surface area (Å²) in [5, 5.41) is 6.69. The van der Waals surface area contributed by atoms with E-state index < -0.39 is 0 Å².